The van der Waals surface area contributed by atoms with Gasteiger partial charge in [-0.05, 0) is 19.1 Å². The third-order valence-corrected chi connectivity index (χ3v) is 2.39. The van der Waals surface area contributed by atoms with E-state index in [0.29, 0.717) is 10.6 Å². The molecule has 17 heavy (non-hydrogen) atoms. The van der Waals surface area contributed by atoms with Gasteiger partial charge in [-0.2, -0.15) is 0 Å². The van der Waals surface area contributed by atoms with E-state index in [0.717, 1.165) is 0 Å². The van der Waals surface area contributed by atoms with E-state index in [1.807, 2.05) is 0 Å². The van der Waals surface area contributed by atoms with Crippen LogP contribution in [0.5, 0.6) is 5.75 Å². The molecule has 6 heteroatoms. The second kappa shape index (κ2) is 6.69. The molecule has 0 aliphatic carbocycles. The Bertz CT molecular complexity index is 407. The lowest BCUT2D eigenvalue weighted by molar-refractivity contribution is -0.145. The second-order valence-electron chi connectivity index (χ2n) is 3.13. The highest BCUT2D eigenvalue weighted by Gasteiger charge is 2.12. The number of ether oxygens (including phenoxy) is 2. The van der Waals surface area contributed by atoms with Crippen molar-refractivity contribution in [2.75, 3.05) is 13.2 Å². The van der Waals surface area contributed by atoms with Gasteiger partial charge in [0.05, 0.1) is 18.2 Å². The van der Waals surface area contributed by atoms with E-state index in [4.69, 9.17) is 37.8 Å². The number of aliphatic hydroxyl groups excluding tert-OH is 1. The molecule has 0 aromatic heterocycles. The Kier molecular flexibility index (Phi) is 5.55. The van der Waals surface area contributed by atoms with Crippen molar-refractivity contribution in [1.29, 1.82) is 0 Å². The number of esters is 1. The number of aliphatic hydroxyl groups is 1. The summed E-state index contributed by atoms with van der Waals surface area (Å²) in [5.74, 6) is -0.256. The van der Waals surface area contributed by atoms with Gasteiger partial charge in [-0.15, -0.1) is 0 Å². The van der Waals surface area contributed by atoms with Crippen LogP contribution >= 0.6 is 23.2 Å². The van der Waals surface area contributed by atoms with Crippen LogP contribution in [0.25, 0.3) is 0 Å². The van der Waals surface area contributed by atoms with Gasteiger partial charge < -0.3 is 14.6 Å². The zero-order chi connectivity index (χ0) is 12.8. The van der Waals surface area contributed by atoms with Gasteiger partial charge in [0.25, 0.3) is 0 Å². The number of benzene rings is 1. The minimum absolute atomic E-state index is 0.242. The molecule has 0 amide bonds. The molecule has 0 saturated heterocycles. The van der Waals surface area contributed by atoms with Crippen molar-refractivity contribution >= 4 is 29.2 Å². The number of halogens is 2. The summed E-state index contributed by atoms with van der Waals surface area (Å²) in [6.45, 7) is 1.44. The molecule has 94 valence electrons. The predicted octanol–water partition coefficient (Wildman–Crippen LogP) is 2.43. The molecule has 0 radical (unpaired) electrons. The summed E-state index contributed by atoms with van der Waals surface area (Å²) in [6, 6.07) is 3.00. The van der Waals surface area contributed by atoms with E-state index in [-0.39, 0.29) is 30.6 Å². The molecule has 1 aromatic rings. The molecule has 1 rings (SSSR count). The van der Waals surface area contributed by atoms with Gasteiger partial charge in [-0.25, -0.2) is 4.79 Å². The average molecular weight is 279 g/mol. The van der Waals surface area contributed by atoms with Gasteiger partial charge in [-0.3, -0.25) is 0 Å². The molecular weight excluding hydrogens is 267 g/mol. The van der Waals surface area contributed by atoms with Crippen LogP contribution in [0.4, 0.5) is 0 Å². The van der Waals surface area contributed by atoms with Crippen LogP contribution in [-0.4, -0.2) is 24.3 Å². The van der Waals surface area contributed by atoms with Gasteiger partial charge in [0.1, 0.15) is 5.75 Å². The molecular formula is C11H12Cl2O4. The highest BCUT2D eigenvalue weighted by Crippen LogP contribution is 2.32. The summed E-state index contributed by atoms with van der Waals surface area (Å²) in [7, 11) is 0. The van der Waals surface area contributed by atoms with E-state index in [1.54, 1.807) is 6.92 Å². The average Bonchev–Trinajstić information content (AvgIpc) is 2.27. The second-order valence-corrected chi connectivity index (χ2v) is 3.97. The fourth-order valence-electron chi connectivity index (χ4n) is 1.23. The maximum atomic E-state index is 11.1. The van der Waals surface area contributed by atoms with Crippen LogP contribution in [0.2, 0.25) is 10.0 Å². The number of carbonyl (C=O) groups excluding carboxylic acids is 1. The van der Waals surface area contributed by atoms with Crippen molar-refractivity contribution in [3.05, 3.63) is 27.7 Å². The highest BCUT2D eigenvalue weighted by molar-refractivity contribution is 6.35. The minimum Gasteiger partial charge on any atom is -0.480 e. The smallest absolute Gasteiger partial charge is 0.344 e. The predicted molar refractivity (Wildman–Crippen MR) is 64.5 cm³/mol. The molecule has 0 atom stereocenters. The van der Waals surface area contributed by atoms with Crippen LogP contribution < -0.4 is 4.74 Å². The lowest BCUT2D eigenvalue weighted by atomic mass is 10.2. The number of hydrogen-bond donors (Lipinski definition) is 1. The number of rotatable bonds is 5. The summed E-state index contributed by atoms with van der Waals surface area (Å²) in [5, 5.41) is 9.76. The molecule has 0 aliphatic rings. The van der Waals surface area contributed by atoms with E-state index in [1.165, 1.54) is 12.1 Å². The molecule has 4 nitrogen and oxygen atoms in total. The van der Waals surface area contributed by atoms with Gasteiger partial charge in [0, 0.05) is 10.6 Å². The number of carbonyl (C=O) groups is 1. The van der Waals surface area contributed by atoms with E-state index in [2.05, 4.69) is 0 Å². The van der Waals surface area contributed by atoms with E-state index < -0.39 is 5.97 Å². The maximum absolute atomic E-state index is 11.1. The van der Waals surface area contributed by atoms with Gasteiger partial charge in [0.15, 0.2) is 6.61 Å². The quantitative estimate of drug-likeness (QED) is 0.841. The van der Waals surface area contributed by atoms with Crippen molar-refractivity contribution in [2.45, 2.75) is 13.5 Å². The molecule has 0 unspecified atom stereocenters. The van der Waals surface area contributed by atoms with E-state index >= 15 is 0 Å². The van der Waals surface area contributed by atoms with Crippen molar-refractivity contribution in [2.24, 2.45) is 0 Å². The molecule has 0 aliphatic heterocycles. The fourth-order valence-corrected chi connectivity index (χ4v) is 1.82. The zero-order valence-corrected chi connectivity index (χ0v) is 10.7. The summed E-state index contributed by atoms with van der Waals surface area (Å²) in [4.78, 5) is 11.1. The highest BCUT2D eigenvalue weighted by atomic mass is 35.5. The van der Waals surface area contributed by atoms with Crippen LogP contribution in [0, 0.1) is 0 Å². The molecule has 1 N–H and O–H groups in total. The summed E-state index contributed by atoms with van der Waals surface area (Å²) in [5.41, 5.74) is 0.423. The van der Waals surface area contributed by atoms with Gasteiger partial charge in [-0.1, -0.05) is 23.2 Å². The normalized spacial score (nSPS) is 10.1. The Balaban J connectivity index is 2.79. The van der Waals surface area contributed by atoms with E-state index in [9.17, 15) is 4.79 Å². The Labute approximate surface area is 109 Å². The molecule has 0 heterocycles. The largest absolute Gasteiger partial charge is 0.480 e. The first-order chi connectivity index (χ1) is 8.08. The summed E-state index contributed by atoms with van der Waals surface area (Å²) in [6.07, 6.45) is 0. The lowest BCUT2D eigenvalue weighted by Gasteiger charge is -2.11. The maximum Gasteiger partial charge on any atom is 0.344 e. The summed E-state index contributed by atoms with van der Waals surface area (Å²) >= 11 is 11.7. The van der Waals surface area contributed by atoms with Crippen LogP contribution in [-0.2, 0) is 16.1 Å². The van der Waals surface area contributed by atoms with Gasteiger partial charge in [0.2, 0.25) is 0 Å². The Morgan fingerprint density at radius 3 is 2.71 bits per heavy atom. The first-order valence-electron chi connectivity index (χ1n) is 4.95. The SMILES string of the molecule is CCOC(=O)COc1c(Cl)cc(Cl)cc1CO. The lowest BCUT2D eigenvalue weighted by Crippen LogP contribution is -2.15. The molecule has 0 saturated carbocycles. The third kappa shape index (κ3) is 4.07. The minimum atomic E-state index is -0.498. The molecule has 0 fully saturated rings. The topological polar surface area (TPSA) is 55.8 Å². The first-order valence-corrected chi connectivity index (χ1v) is 5.71. The molecule has 0 spiro atoms. The number of hydrogen-bond acceptors (Lipinski definition) is 4. The monoisotopic (exact) mass is 278 g/mol. The summed E-state index contributed by atoms with van der Waals surface area (Å²) < 4.78 is 9.91. The van der Waals surface area contributed by atoms with Gasteiger partial charge >= 0.3 is 5.97 Å². The van der Waals surface area contributed by atoms with Crippen molar-refractivity contribution < 1.29 is 19.4 Å². The zero-order valence-electron chi connectivity index (χ0n) is 9.20. The van der Waals surface area contributed by atoms with Crippen molar-refractivity contribution in [3.8, 4) is 5.75 Å². The first kappa shape index (κ1) is 14.1. The standard InChI is InChI=1S/C11H12Cl2O4/c1-2-16-10(15)6-17-11-7(5-14)3-8(12)4-9(11)13/h3-4,14H,2,5-6H2,1H3. The van der Waals surface area contributed by atoms with Crippen molar-refractivity contribution in [3.63, 3.8) is 0 Å². The molecule has 1 aromatic carbocycles. The Hall–Kier alpha value is -0.970. The Morgan fingerprint density at radius 1 is 1.41 bits per heavy atom. The third-order valence-electron chi connectivity index (χ3n) is 1.90. The fraction of sp³-hybridized carbons (Fsp3) is 0.364. The van der Waals surface area contributed by atoms with Crippen LogP contribution in [0.15, 0.2) is 12.1 Å². The molecule has 0 bridgehead atoms. The van der Waals surface area contributed by atoms with Crippen LogP contribution in [0.3, 0.4) is 0 Å². The van der Waals surface area contributed by atoms with Crippen LogP contribution in [0.1, 0.15) is 12.5 Å². The Morgan fingerprint density at radius 2 is 2.12 bits per heavy atom. The van der Waals surface area contributed by atoms with Crippen molar-refractivity contribution in [1.82, 2.24) is 0 Å².